The number of rotatable bonds is 10. The van der Waals surface area contributed by atoms with Gasteiger partial charge in [-0.1, -0.05) is 36.4 Å². The minimum Gasteiger partial charge on any atom is -0.504 e. The maximum Gasteiger partial charge on any atom is 0.408 e. The Labute approximate surface area is 290 Å². The topological polar surface area (TPSA) is 173 Å². The maximum atomic E-state index is 13.2. The lowest BCUT2D eigenvalue weighted by atomic mass is 9.50. The van der Waals surface area contributed by atoms with Crippen molar-refractivity contribution in [2.45, 2.75) is 101 Å². The third kappa shape index (κ3) is 6.39. The molecule has 1 spiro atoms. The lowest BCUT2D eigenvalue weighted by Crippen LogP contribution is -2.74. The molecule has 2 bridgehead atoms. The number of carbonyl (C=O) groups excluding carboxylic acids is 4. The molecule has 6 atom stereocenters. The number of piperidine rings is 1. The monoisotopic (exact) mass is 691 g/mol. The largest absolute Gasteiger partial charge is 0.504 e. The Morgan fingerprint density at radius 3 is 2.58 bits per heavy atom. The molecule has 1 saturated heterocycles. The number of phenols is 1. The first kappa shape index (κ1) is 35.2. The fraction of sp³-hybridized carbons (Fsp3) is 0.514. The number of esters is 2. The van der Waals surface area contributed by atoms with Crippen LogP contribution in [-0.4, -0.2) is 94.7 Å². The first-order valence-electron chi connectivity index (χ1n) is 17.0. The van der Waals surface area contributed by atoms with Gasteiger partial charge in [-0.3, -0.25) is 9.59 Å². The van der Waals surface area contributed by atoms with E-state index in [0.29, 0.717) is 25.1 Å². The summed E-state index contributed by atoms with van der Waals surface area (Å²) in [6.07, 6.45) is 0.0326. The van der Waals surface area contributed by atoms with Gasteiger partial charge in [0.15, 0.2) is 23.7 Å². The molecule has 4 N–H and O–H groups in total. The van der Waals surface area contributed by atoms with Crippen LogP contribution in [0.5, 0.6) is 11.5 Å². The zero-order valence-corrected chi connectivity index (χ0v) is 29.0. The highest BCUT2D eigenvalue weighted by Gasteiger charge is 2.72. The molecular formula is C37H45N3O10. The van der Waals surface area contributed by atoms with Crippen LogP contribution in [0.15, 0.2) is 54.3 Å². The van der Waals surface area contributed by atoms with Crippen LogP contribution in [0.25, 0.3) is 0 Å². The number of aliphatic hydroxyl groups is 1. The number of amides is 2. The number of likely N-dealkylation sites (N-methyl/N-ethyl adjacent to an activating group) is 1. The van der Waals surface area contributed by atoms with Crippen LogP contribution in [0.4, 0.5) is 4.79 Å². The van der Waals surface area contributed by atoms with Gasteiger partial charge in [-0.2, -0.15) is 0 Å². The summed E-state index contributed by atoms with van der Waals surface area (Å²) < 4.78 is 22.8. The van der Waals surface area contributed by atoms with Crippen molar-refractivity contribution in [3.05, 3.63) is 71.0 Å². The van der Waals surface area contributed by atoms with Gasteiger partial charge < -0.3 is 44.7 Å². The molecule has 13 heteroatoms. The van der Waals surface area contributed by atoms with Crippen LogP contribution < -0.4 is 15.4 Å². The van der Waals surface area contributed by atoms with Crippen LogP contribution in [0.1, 0.15) is 63.6 Å². The van der Waals surface area contributed by atoms with Gasteiger partial charge in [-0.15, -0.1) is 0 Å². The van der Waals surface area contributed by atoms with E-state index in [0.717, 1.165) is 16.7 Å². The number of phenolic OH excluding ortho intramolecular Hbond substituents is 1. The Morgan fingerprint density at radius 1 is 1.12 bits per heavy atom. The summed E-state index contributed by atoms with van der Waals surface area (Å²) in [5.74, 6) is -1.64. The van der Waals surface area contributed by atoms with E-state index < -0.39 is 58.8 Å². The molecule has 13 nitrogen and oxygen atoms in total. The molecular weight excluding hydrogens is 646 g/mol. The van der Waals surface area contributed by atoms with Crippen molar-refractivity contribution in [1.82, 2.24) is 15.5 Å². The summed E-state index contributed by atoms with van der Waals surface area (Å²) in [6, 6.07) is 11.4. The van der Waals surface area contributed by atoms with Gasteiger partial charge in [0.1, 0.15) is 17.4 Å². The normalized spacial score (nSPS) is 25.9. The Hall–Kier alpha value is -4.62. The lowest BCUT2D eigenvalue weighted by molar-refractivity contribution is -0.175. The predicted octanol–water partition coefficient (Wildman–Crippen LogP) is 2.79. The van der Waals surface area contributed by atoms with Gasteiger partial charge >= 0.3 is 18.0 Å². The van der Waals surface area contributed by atoms with Crippen LogP contribution in [0, 0.1) is 0 Å². The number of ether oxygens (including phenoxy) is 4. The van der Waals surface area contributed by atoms with Gasteiger partial charge in [0, 0.05) is 31.0 Å². The molecule has 50 heavy (non-hydrogen) atoms. The Bertz CT molecular complexity index is 1700. The van der Waals surface area contributed by atoms with E-state index in [2.05, 4.69) is 15.5 Å². The molecule has 0 unspecified atom stereocenters. The molecule has 2 heterocycles. The van der Waals surface area contributed by atoms with Crippen LogP contribution in [0.3, 0.4) is 0 Å². The van der Waals surface area contributed by atoms with Crippen molar-refractivity contribution in [1.29, 1.82) is 0 Å². The summed E-state index contributed by atoms with van der Waals surface area (Å²) in [7, 11) is 1.98. The standard InChI is InChI=1S/C37H45N3O10/c1-21(47-28(42)14-17-38-32(43)24(19-22-9-7-6-8-10-22)39-34(45)50-35(2,3)4)33(44)48-26-13-15-37(46)27-20-23-11-12-25(41)30-29(23)36(37,31(26)49-30)16-18-40(27)5/h6-13,21,24,27,31,41,46H,14-20H2,1-5H3,(H,38,43)(H,39,45)/t21-,24-,27-,31-,36-,37+/m0/s1. The number of nitrogens with zero attached hydrogens (tertiary/aromatic N) is 1. The fourth-order valence-corrected chi connectivity index (χ4v) is 7.86. The number of alkyl carbamates (subject to hydrolysis) is 1. The maximum absolute atomic E-state index is 13.2. The Balaban J connectivity index is 1.06. The lowest BCUT2D eigenvalue weighted by Gasteiger charge is -2.61. The smallest absolute Gasteiger partial charge is 0.408 e. The van der Waals surface area contributed by atoms with Crippen molar-refractivity contribution < 1.29 is 48.3 Å². The van der Waals surface area contributed by atoms with Crippen molar-refractivity contribution in [3.8, 4) is 11.5 Å². The molecule has 2 aromatic carbocycles. The van der Waals surface area contributed by atoms with Crippen LogP contribution in [0.2, 0.25) is 0 Å². The van der Waals surface area contributed by atoms with Gasteiger partial charge in [0.05, 0.1) is 17.4 Å². The Kier molecular flexibility index (Phi) is 9.33. The van der Waals surface area contributed by atoms with E-state index in [9.17, 15) is 29.4 Å². The van der Waals surface area contributed by atoms with E-state index >= 15 is 0 Å². The number of aromatic hydroxyl groups is 1. The molecule has 268 valence electrons. The summed E-state index contributed by atoms with van der Waals surface area (Å²) >= 11 is 0. The van der Waals surface area contributed by atoms with Crippen molar-refractivity contribution in [3.63, 3.8) is 0 Å². The first-order chi connectivity index (χ1) is 23.6. The zero-order valence-electron chi connectivity index (χ0n) is 29.0. The number of nitrogens with one attached hydrogen (secondary N) is 2. The molecule has 1 fully saturated rings. The summed E-state index contributed by atoms with van der Waals surface area (Å²) in [4.78, 5) is 53.6. The number of likely N-dealkylation sites (tertiary alicyclic amines) is 1. The van der Waals surface area contributed by atoms with E-state index in [4.69, 9.17) is 18.9 Å². The average Bonchev–Trinajstić information content (AvgIpc) is 3.41. The summed E-state index contributed by atoms with van der Waals surface area (Å²) in [5.41, 5.74) is -0.330. The second kappa shape index (κ2) is 13.3. The molecule has 2 aromatic rings. The molecule has 2 aliphatic carbocycles. The predicted molar refractivity (Wildman–Crippen MR) is 179 cm³/mol. The summed E-state index contributed by atoms with van der Waals surface area (Å²) in [6.45, 7) is 7.11. The first-order valence-corrected chi connectivity index (χ1v) is 17.0. The van der Waals surface area contributed by atoms with E-state index in [-0.39, 0.29) is 43.4 Å². The molecule has 4 aliphatic rings. The number of benzene rings is 2. The minimum atomic E-state index is -1.29. The van der Waals surface area contributed by atoms with Gasteiger partial charge in [0.25, 0.3) is 0 Å². The van der Waals surface area contributed by atoms with E-state index in [1.165, 1.54) is 6.92 Å². The second-order valence-electron chi connectivity index (χ2n) is 14.6. The third-order valence-electron chi connectivity index (χ3n) is 10.1. The molecule has 2 aliphatic heterocycles. The van der Waals surface area contributed by atoms with E-state index in [1.54, 1.807) is 32.9 Å². The second-order valence-corrected chi connectivity index (χ2v) is 14.6. The average molecular weight is 692 g/mol. The zero-order chi connectivity index (χ0) is 36.0. The fourth-order valence-electron chi connectivity index (χ4n) is 7.86. The van der Waals surface area contributed by atoms with Crippen molar-refractivity contribution >= 4 is 23.9 Å². The van der Waals surface area contributed by atoms with Crippen LogP contribution in [-0.2, 0) is 46.9 Å². The molecule has 6 rings (SSSR count). The molecule has 0 aromatic heterocycles. The molecule has 0 saturated carbocycles. The SMILES string of the molecule is C[C@H](OC(=O)CCNC(=O)[C@H](Cc1ccccc1)NC(=O)OC(C)(C)C)C(=O)OC1=CC[C@@]2(O)[C@@H]3Cc4ccc(O)c5c4[C@@]2(CCN3C)[C@H]1O5. The van der Waals surface area contributed by atoms with Crippen LogP contribution >= 0.6 is 0 Å². The van der Waals surface area contributed by atoms with Gasteiger partial charge in [-0.05, 0) is 77.4 Å². The Morgan fingerprint density at radius 2 is 1.86 bits per heavy atom. The number of hydrogen-bond acceptors (Lipinski definition) is 11. The highest BCUT2D eigenvalue weighted by atomic mass is 16.6. The quantitative estimate of drug-likeness (QED) is 0.213. The highest BCUT2D eigenvalue weighted by molar-refractivity contribution is 5.86. The van der Waals surface area contributed by atoms with Gasteiger partial charge in [0.2, 0.25) is 5.91 Å². The minimum absolute atomic E-state index is 0.0423. The molecule has 0 radical (unpaired) electrons. The number of carbonyl (C=O) groups is 4. The summed E-state index contributed by atoms with van der Waals surface area (Å²) in [5, 5.41) is 28.2. The highest BCUT2D eigenvalue weighted by Crippen LogP contribution is 2.65. The van der Waals surface area contributed by atoms with Crippen molar-refractivity contribution in [2.24, 2.45) is 0 Å². The van der Waals surface area contributed by atoms with Crippen molar-refractivity contribution in [2.75, 3.05) is 20.1 Å². The molecule has 2 amide bonds. The number of hydrogen-bond donors (Lipinski definition) is 4. The van der Waals surface area contributed by atoms with Gasteiger partial charge in [-0.25, -0.2) is 9.59 Å². The van der Waals surface area contributed by atoms with E-state index in [1.807, 2.05) is 43.4 Å². The third-order valence-corrected chi connectivity index (χ3v) is 10.1.